The first-order valence-corrected chi connectivity index (χ1v) is 7.98. The lowest BCUT2D eigenvalue weighted by atomic mass is 10.2. The Morgan fingerprint density at radius 1 is 1.38 bits per heavy atom. The molecule has 0 aliphatic carbocycles. The highest BCUT2D eigenvalue weighted by molar-refractivity contribution is 7.85. The minimum Gasteiger partial charge on any atom is -0.496 e. The number of benzene rings is 1. The summed E-state index contributed by atoms with van der Waals surface area (Å²) in [5, 5.41) is 2.67. The van der Waals surface area contributed by atoms with Gasteiger partial charge >= 0.3 is 0 Å². The Hall–Kier alpha value is -1.80. The summed E-state index contributed by atoms with van der Waals surface area (Å²) in [6.07, 6.45) is 0.837. The van der Waals surface area contributed by atoms with Crippen LogP contribution in [0.5, 0.6) is 11.5 Å². The predicted molar refractivity (Wildman–Crippen MR) is 77.0 cm³/mol. The number of rotatable bonds is 8. The number of methoxy groups -OCH3 is 1. The van der Waals surface area contributed by atoms with Crippen LogP contribution in [0, 0.1) is 0 Å². The van der Waals surface area contributed by atoms with E-state index in [1.807, 2.05) is 6.92 Å². The van der Waals surface area contributed by atoms with E-state index in [9.17, 15) is 13.2 Å². The van der Waals surface area contributed by atoms with E-state index < -0.39 is 15.9 Å². The van der Waals surface area contributed by atoms with Crippen LogP contribution in [0.15, 0.2) is 18.2 Å². The molecule has 1 aromatic carbocycles. The van der Waals surface area contributed by atoms with Crippen molar-refractivity contribution in [2.24, 2.45) is 0 Å². The van der Waals surface area contributed by atoms with Gasteiger partial charge in [0.05, 0.1) is 7.11 Å². The summed E-state index contributed by atoms with van der Waals surface area (Å²) >= 11 is 0. The molecule has 0 aromatic heterocycles. The van der Waals surface area contributed by atoms with E-state index in [1.165, 1.54) is 25.3 Å². The van der Waals surface area contributed by atoms with Crippen molar-refractivity contribution in [3.63, 3.8) is 0 Å². The first kappa shape index (κ1) is 17.3. The van der Waals surface area contributed by atoms with Crippen LogP contribution in [0.4, 0.5) is 0 Å². The topological polar surface area (TPSA) is 102 Å². The lowest BCUT2D eigenvalue weighted by Gasteiger charge is -2.11. The summed E-state index contributed by atoms with van der Waals surface area (Å²) in [5.41, 5.74) is 0.308. The number of carbonyl (C=O) groups is 1. The largest absolute Gasteiger partial charge is 0.496 e. The minimum atomic E-state index is -4.14. The molecule has 8 heteroatoms. The van der Waals surface area contributed by atoms with E-state index >= 15 is 0 Å². The summed E-state index contributed by atoms with van der Waals surface area (Å²) in [4.78, 5) is 11.4. The summed E-state index contributed by atoms with van der Waals surface area (Å²) in [6, 6.07) is 4.44. The zero-order valence-electron chi connectivity index (χ0n) is 12.0. The van der Waals surface area contributed by atoms with Gasteiger partial charge in [0, 0.05) is 18.2 Å². The molecule has 0 aliphatic heterocycles. The fourth-order valence-corrected chi connectivity index (χ4v) is 2.23. The highest BCUT2D eigenvalue weighted by Crippen LogP contribution is 2.26. The van der Waals surface area contributed by atoms with Crippen molar-refractivity contribution in [1.82, 2.24) is 5.32 Å². The molecule has 0 atom stereocenters. The van der Waals surface area contributed by atoms with Crippen molar-refractivity contribution in [3.8, 4) is 11.5 Å². The summed E-state index contributed by atoms with van der Waals surface area (Å²) in [7, 11) is -2.77. The highest BCUT2D eigenvalue weighted by atomic mass is 32.2. The first-order valence-electron chi connectivity index (χ1n) is 6.37. The van der Waals surface area contributed by atoms with Crippen LogP contribution in [0.2, 0.25) is 0 Å². The number of carbonyl (C=O) groups excluding carboxylic acids is 1. The Labute approximate surface area is 124 Å². The molecule has 0 saturated heterocycles. The molecule has 0 heterocycles. The van der Waals surface area contributed by atoms with Gasteiger partial charge < -0.3 is 14.8 Å². The van der Waals surface area contributed by atoms with Gasteiger partial charge in [-0.15, -0.1) is 0 Å². The number of ether oxygens (including phenoxy) is 2. The van der Waals surface area contributed by atoms with Crippen LogP contribution in [0.3, 0.4) is 0 Å². The van der Waals surface area contributed by atoms with Crippen molar-refractivity contribution in [2.45, 2.75) is 19.1 Å². The monoisotopic (exact) mass is 317 g/mol. The molecule has 1 rings (SSSR count). The lowest BCUT2D eigenvalue weighted by molar-refractivity contribution is -0.123. The molecule has 1 amide bonds. The third-order valence-electron chi connectivity index (χ3n) is 2.54. The number of nitrogens with one attached hydrogen (secondary N) is 1. The normalized spacial score (nSPS) is 11.0. The Bertz CT molecular complexity index is 584. The second-order valence-electron chi connectivity index (χ2n) is 4.34. The van der Waals surface area contributed by atoms with E-state index in [-0.39, 0.29) is 18.3 Å². The van der Waals surface area contributed by atoms with Gasteiger partial charge in [0.2, 0.25) is 0 Å². The molecule has 0 bridgehead atoms. The van der Waals surface area contributed by atoms with Crippen LogP contribution in [-0.2, 0) is 20.7 Å². The number of amides is 1. The molecule has 0 aliphatic rings. The van der Waals surface area contributed by atoms with Gasteiger partial charge in [-0.1, -0.05) is 13.0 Å². The molecule has 7 nitrogen and oxygen atoms in total. The van der Waals surface area contributed by atoms with Crippen molar-refractivity contribution >= 4 is 16.0 Å². The SMILES string of the molecule is CCCNC(=O)COc1ccc(CS(=O)(=O)O)c(OC)c1. The molecule has 0 radical (unpaired) electrons. The average molecular weight is 317 g/mol. The molecule has 118 valence electrons. The van der Waals surface area contributed by atoms with E-state index in [4.69, 9.17) is 14.0 Å². The van der Waals surface area contributed by atoms with Crippen LogP contribution in [0.1, 0.15) is 18.9 Å². The molecule has 0 spiro atoms. The molecule has 2 N–H and O–H groups in total. The van der Waals surface area contributed by atoms with E-state index in [2.05, 4.69) is 5.32 Å². The van der Waals surface area contributed by atoms with Crippen molar-refractivity contribution in [3.05, 3.63) is 23.8 Å². The molecular weight excluding hydrogens is 298 g/mol. The maximum Gasteiger partial charge on any atom is 0.269 e. The molecule has 0 unspecified atom stereocenters. The van der Waals surface area contributed by atoms with Gasteiger partial charge in [-0.05, 0) is 12.5 Å². The third kappa shape index (κ3) is 6.46. The fraction of sp³-hybridized carbons (Fsp3) is 0.462. The van der Waals surface area contributed by atoms with Crippen molar-refractivity contribution in [1.29, 1.82) is 0 Å². The third-order valence-corrected chi connectivity index (χ3v) is 3.21. The standard InChI is InChI=1S/C13H19NO6S/c1-3-6-14-13(15)8-20-11-5-4-10(9-21(16,17)18)12(7-11)19-2/h4-5,7H,3,6,8-9H2,1-2H3,(H,14,15)(H,16,17,18). The van der Waals surface area contributed by atoms with Gasteiger partial charge in [0.15, 0.2) is 6.61 Å². The Morgan fingerprint density at radius 3 is 2.67 bits per heavy atom. The highest BCUT2D eigenvalue weighted by Gasteiger charge is 2.13. The maximum absolute atomic E-state index is 11.4. The molecule has 0 saturated carbocycles. The van der Waals surface area contributed by atoms with Crippen LogP contribution >= 0.6 is 0 Å². The Morgan fingerprint density at radius 2 is 2.10 bits per heavy atom. The van der Waals surface area contributed by atoms with Gasteiger partial charge in [0.25, 0.3) is 16.0 Å². The molecular formula is C13H19NO6S. The minimum absolute atomic E-state index is 0.138. The van der Waals surface area contributed by atoms with Gasteiger partial charge in [-0.2, -0.15) is 8.42 Å². The smallest absolute Gasteiger partial charge is 0.269 e. The van der Waals surface area contributed by atoms with E-state index in [0.717, 1.165) is 6.42 Å². The van der Waals surface area contributed by atoms with Gasteiger partial charge in [0.1, 0.15) is 17.3 Å². The van der Waals surface area contributed by atoms with Crippen LogP contribution in [-0.4, -0.2) is 39.1 Å². The molecule has 21 heavy (non-hydrogen) atoms. The van der Waals surface area contributed by atoms with Gasteiger partial charge in [-0.25, -0.2) is 0 Å². The molecule has 0 fully saturated rings. The number of hydrogen-bond acceptors (Lipinski definition) is 5. The quantitative estimate of drug-likeness (QED) is 0.693. The zero-order valence-corrected chi connectivity index (χ0v) is 12.8. The Kier molecular flexibility index (Phi) is 6.44. The second kappa shape index (κ2) is 7.84. The first-order chi connectivity index (χ1) is 9.85. The maximum atomic E-state index is 11.4. The zero-order chi connectivity index (χ0) is 15.9. The fourth-order valence-electron chi connectivity index (χ4n) is 1.59. The lowest BCUT2D eigenvalue weighted by Crippen LogP contribution is -2.29. The van der Waals surface area contributed by atoms with Crippen molar-refractivity contribution in [2.75, 3.05) is 20.3 Å². The molecule has 1 aromatic rings. The second-order valence-corrected chi connectivity index (χ2v) is 5.79. The van der Waals surface area contributed by atoms with Crippen LogP contribution in [0.25, 0.3) is 0 Å². The van der Waals surface area contributed by atoms with Crippen molar-refractivity contribution < 1.29 is 27.2 Å². The van der Waals surface area contributed by atoms with E-state index in [0.29, 0.717) is 17.9 Å². The summed E-state index contributed by atoms with van der Waals surface area (Å²) in [6.45, 7) is 2.39. The summed E-state index contributed by atoms with van der Waals surface area (Å²) in [5.74, 6) is -0.150. The van der Waals surface area contributed by atoms with Crippen LogP contribution < -0.4 is 14.8 Å². The average Bonchev–Trinajstić information content (AvgIpc) is 2.42. The summed E-state index contributed by atoms with van der Waals surface area (Å²) < 4.78 is 41.0. The number of hydrogen-bond donors (Lipinski definition) is 2. The predicted octanol–water partition coefficient (Wildman–Crippen LogP) is 0.988. The van der Waals surface area contributed by atoms with E-state index in [1.54, 1.807) is 0 Å². The van der Waals surface area contributed by atoms with Gasteiger partial charge in [-0.3, -0.25) is 9.35 Å². The Balaban J connectivity index is 2.71.